The second-order valence-electron chi connectivity index (χ2n) is 2.40. The molecule has 1 aliphatic heterocycles. The van der Waals surface area contributed by atoms with Crippen LogP contribution in [0, 0.1) is 0 Å². The Labute approximate surface area is 106 Å². The van der Waals surface area contributed by atoms with Crippen molar-refractivity contribution in [2.75, 3.05) is 19.5 Å². The summed E-state index contributed by atoms with van der Waals surface area (Å²) >= 11 is 0. The van der Waals surface area contributed by atoms with Crippen LogP contribution in [0.2, 0.25) is 0 Å². The number of nitrogens with zero attached hydrogens (tertiary/aromatic N) is 1. The fraction of sp³-hybridized carbons (Fsp3) is 0.600. The van der Waals surface area contributed by atoms with Gasteiger partial charge < -0.3 is 17.8 Å². The number of halogens is 3. The van der Waals surface area contributed by atoms with E-state index in [1.165, 1.54) is 4.90 Å². The first-order valence-electron chi connectivity index (χ1n) is 3.16. The standard InChI is InChI=1S/C5H8BF3N.K/c7-6(8,9)5-10-3-1-2-4-10;/h1-2H,3-5H2;/q-1;+1. The Morgan fingerprint density at radius 1 is 1.18 bits per heavy atom. The van der Waals surface area contributed by atoms with E-state index in [9.17, 15) is 12.9 Å². The molecule has 1 aliphatic rings. The number of rotatable bonds is 2. The average Bonchev–Trinajstić information content (AvgIpc) is 2.12. The summed E-state index contributed by atoms with van der Waals surface area (Å²) in [4.78, 5) is 1.36. The van der Waals surface area contributed by atoms with Crippen LogP contribution in [0.3, 0.4) is 0 Å². The molecule has 0 aromatic carbocycles. The van der Waals surface area contributed by atoms with Gasteiger partial charge in [0.05, 0.1) is 0 Å². The maximum atomic E-state index is 11.7. The van der Waals surface area contributed by atoms with E-state index in [1.807, 2.05) is 0 Å². The van der Waals surface area contributed by atoms with Gasteiger partial charge in [-0.25, -0.2) is 0 Å². The molecule has 1 nitrogen and oxygen atoms in total. The monoisotopic (exact) mass is 189 g/mol. The average molecular weight is 189 g/mol. The first kappa shape index (κ1) is 12.2. The van der Waals surface area contributed by atoms with Crippen LogP contribution in [0.4, 0.5) is 12.9 Å². The summed E-state index contributed by atoms with van der Waals surface area (Å²) in [6, 6.07) is 0. The molecule has 0 atom stereocenters. The second kappa shape index (κ2) is 5.04. The molecule has 0 aromatic heterocycles. The summed E-state index contributed by atoms with van der Waals surface area (Å²) < 4.78 is 35.1. The summed E-state index contributed by atoms with van der Waals surface area (Å²) in [5.74, 6) is 0. The third-order valence-corrected chi connectivity index (χ3v) is 1.36. The molecule has 6 heteroatoms. The second-order valence-corrected chi connectivity index (χ2v) is 2.40. The van der Waals surface area contributed by atoms with Crippen molar-refractivity contribution in [2.45, 2.75) is 0 Å². The summed E-state index contributed by atoms with van der Waals surface area (Å²) in [5.41, 5.74) is 0. The van der Waals surface area contributed by atoms with Gasteiger partial charge in [-0.05, 0) is 6.44 Å². The third kappa shape index (κ3) is 5.43. The van der Waals surface area contributed by atoms with Crippen molar-refractivity contribution in [2.24, 2.45) is 0 Å². The van der Waals surface area contributed by atoms with E-state index in [4.69, 9.17) is 0 Å². The minimum atomic E-state index is -4.63. The van der Waals surface area contributed by atoms with Crippen LogP contribution in [-0.2, 0) is 0 Å². The minimum absolute atomic E-state index is 0. The van der Waals surface area contributed by atoms with Gasteiger partial charge in [-0.15, -0.1) is 0 Å². The van der Waals surface area contributed by atoms with E-state index in [1.54, 1.807) is 12.2 Å². The van der Waals surface area contributed by atoms with Crippen LogP contribution < -0.4 is 51.4 Å². The molecule has 58 valence electrons. The van der Waals surface area contributed by atoms with Crippen molar-refractivity contribution in [3.05, 3.63) is 12.2 Å². The predicted molar refractivity (Wildman–Crippen MR) is 34.7 cm³/mol. The summed E-state index contributed by atoms with van der Waals surface area (Å²) in [6.45, 7) is -3.74. The molecule has 0 saturated heterocycles. The first-order chi connectivity index (χ1) is 4.58. The van der Waals surface area contributed by atoms with Crippen LogP contribution >= 0.6 is 0 Å². The molecule has 1 heterocycles. The Hall–Kier alpha value is 1.19. The summed E-state index contributed by atoms with van der Waals surface area (Å²) in [6.07, 6.45) is 2.77. The minimum Gasteiger partial charge on any atom is -0.448 e. The Bertz CT molecular complexity index is 139. The first-order valence-corrected chi connectivity index (χ1v) is 3.16. The Balaban J connectivity index is 0.000001000. The van der Waals surface area contributed by atoms with E-state index in [0.717, 1.165) is 0 Å². The molecular weight excluding hydrogens is 181 g/mol. The molecule has 1 rings (SSSR count). The zero-order valence-electron chi connectivity index (χ0n) is 6.43. The van der Waals surface area contributed by atoms with E-state index >= 15 is 0 Å². The van der Waals surface area contributed by atoms with Crippen molar-refractivity contribution >= 4 is 6.98 Å². The van der Waals surface area contributed by atoms with Gasteiger partial charge >= 0.3 is 58.4 Å². The number of hydrogen-bond donors (Lipinski definition) is 0. The summed E-state index contributed by atoms with van der Waals surface area (Å²) in [7, 11) is 0. The topological polar surface area (TPSA) is 3.24 Å². The molecule has 0 aromatic rings. The molecule has 0 bridgehead atoms. The van der Waals surface area contributed by atoms with Crippen molar-refractivity contribution in [3.8, 4) is 0 Å². The predicted octanol–water partition coefficient (Wildman–Crippen LogP) is -1.75. The van der Waals surface area contributed by atoms with Gasteiger partial charge in [0.25, 0.3) is 0 Å². The van der Waals surface area contributed by atoms with Crippen LogP contribution in [0.1, 0.15) is 0 Å². The van der Waals surface area contributed by atoms with Crippen molar-refractivity contribution in [1.82, 2.24) is 4.90 Å². The normalized spacial score (nSPS) is 18.5. The molecule has 0 saturated carbocycles. The molecule has 11 heavy (non-hydrogen) atoms. The maximum Gasteiger partial charge on any atom is 1.00 e. The molecule has 0 spiro atoms. The fourth-order valence-corrected chi connectivity index (χ4v) is 0.964. The molecular formula is C5H8BF3KN. The SMILES string of the molecule is F[B-](F)(F)CN1CC=CC1.[K+]. The van der Waals surface area contributed by atoms with Crippen molar-refractivity contribution in [1.29, 1.82) is 0 Å². The van der Waals surface area contributed by atoms with E-state index < -0.39 is 13.4 Å². The molecule has 0 aliphatic carbocycles. The van der Waals surface area contributed by atoms with E-state index in [-0.39, 0.29) is 51.4 Å². The largest absolute Gasteiger partial charge is 1.00 e. The Morgan fingerprint density at radius 2 is 1.64 bits per heavy atom. The molecule has 0 N–H and O–H groups in total. The molecule has 0 amide bonds. The zero-order valence-corrected chi connectivity index (χ0v) is 9.56. The van der Waals surface area contributed by atoms with Crippen LogP contribution in [0.15, 0.2) is 12.2 Å². The van der Waals surface area contributed by atoms with Gasteiger partial charge in [-0.2, -0.15) is 0 Å². The van der Waals surface area contributed by atoms with Gasteiger partial charge in [0.2, 0.25) is 0 Å². The number of hydrogen-bond acceptors (Lipinski definition) is 1. The quantitative estimate of drug-likeness (QED) is 0.367. The third-order valence-electron chi connectivity index (χ3n) is 1.36. The van der Waals surface area contributed by atoms with Crippen LogP contribution in [0.5, 0.6) is 0 Å². The van der Waals surface area contributed by atoms with Crippen LogP contribution in [-0.4, -0.2) is 31.4 Å². The van der Waals surface area contributed by atoms with Gasteiger partial charge in [-0.3, -0.25) is 0 Å². The van der Waals surface area contributed by atoms with Crippen LogP contribution in [0.25, 0.3) is 0 Å². The zero-order chi connectivity index (χ0) is 7.61. The van der Waals surface area contributed by atoms with Gasteiger partial charge in [0.15, 0.2) is 0 Å². The van der Waals surface area contributed by atoms with Gasteiger partial charge in [0.1, 0.15) is 0 Å². The fourth-order valence-electron chi connectivity index (χ4n) is 0.964. The van der Waals surface area contributed by atoms with E-state index in [2.05, 4.69) is 0 Å². The molecule has 0 fully saturated rings. The van der Waals surface area contributed by atoms with Gasteiger partial charge in [0, 0.05) is 13.1 Å². The molecule has 0 radical (unpaired) electrons. The van der Waals surface area contributed by atoms with Crippen molar-refractivity contribution < 1.29 is 64.3 Å². The van der Waals surface area contributed by atoms with E-state index in [0.29, 0.717) is 13.1 Å². The van der Waals surface area contributed by atoms with Crippen molar-refractivity contribution in [3.63, 3.8) is 0 Å². The smallest absolute Gasteiger partial charge is 0.448 e. The summed E-state index contributed by atoms with van der Waals surface area (Å²) in [5, 5.41) is 0. The molecule has 0 unspecified atom stereocenters. The Morgan fingerprint density at radius 3 is 2.00 bits per heavy atom. The maximum absolute atomic E-state index is 11.7. The Kier molecular flexibility index (Phi) is 5.58. The van der Waals surface area contributed by atoms with Gasteiger partial charge in [-0.1, -0.05) is 12.2 Å².